The van der Waals surface area contributed by atoms with Gasteiger partial charge in [-0.05, 0) is 30.3 Å². The molecular weight excluding hydrogens is 294 g/mol. The lowest BCUT2D eigenvalue weighted by molar-refractivity contribution is 0.848. The number of pyridine rings is 2. The molecule has 0 fully saturated rings. The third-order valence-electron chi connectivity index (χ3n) is 3.14. The fourth-order valence-corrected chi connectivity index (χ4v) is 2.98. The predicted molar refractivity (Wildman–Crippen MR) is 85.7 cm³/mol. The molecule has 0 saturated carbocycles. The van der Waals surface area contributed by atoms with Crippen molar-refractivity contribution in [3.8, 4) is 27.0 Å². The van der Waals surface area contributed by atoms with Gasteiger partial charge in [0.25, 0.3) is 0 Å². The molecule has 0 spiro atoms. The van der Waals surface area contributed by atoms with Gasteiger partial charge in [-0.1, -0.05) is 6.07 Å². The topological polar surface area (TPSA) is 56.5 Å². The van der Waals surface area contributed by atoms with Crippen molar-refractivity contribution >= 4 is 11.3 Å². The Bertz CT molecular complexity index is 884. The molecule has 0 aliphatic rings. The summed E-state index contributed by atoms with van der Waals surface area (Å²) in [6.45, 7) is 0. The van der Waals surface area contributed by atoms with Crippen LogP contribution in [0.5, 0.6) is 0 Å². The number of thiazole rings is 1. The van der Waals surface area contributed by atoms with Crippen LogP contribution in [-0.2, 0) is 0 Å². The standard InChI is InChI=1S/C16H11N5S/c1-5-13(20-15(6-1)21-9-3-8-19-21)14-11-18-16(22-14)12-4-2-7-17-10-12/h1-11H. The van der Waals surface area contributed by atoms with E-state index in [-0.39, 0.29) is 0 Å². The van der Waals surface area contributed by atoms with Gasteiger partial charge in [0, 0.05) is 36.5 Å². The van der Waals surface area contributed by atoms with Crippen molar-refractivity contribution in [3.63, 3.8) is 0 Å². The summed E-state index contributed by atoms with van der Waals surface area (Å²) >= 11 is 1.60. The molecule has 0 aliphatic carbocycles. The fourth-order valence-electron chi connectivity index (χ4n) is 2.11. The van der Waals surface area contributed by atoms with Gasteiger partial charge in [0.15, 0.2) is 5.82 Å². The molecule has 0 radical (unpaired) electrons. The molecular formula is C16H11N5S. The normalized spacial score (nSPS) is 10.7. The molecule has 0 aliphatic heterocycles. The molecule has 0 N–H and O–H groups in total. The number of rotatable bonds is 3. The van der Waals surface area contributed by atoms with Gasteiger partial charge in [-0.3, -0.25) is 4.98 Å². The van der Waals surface area contributed by atoms with E-state index in [0.717, 1.165) is 27.0 Å². The lowest BCUT2D eigenvalue weighted by Crippen LogP contribution is -1.97. The van der Waals surface area contributed by atoms with Crippen LogP contribution < -0.4 is 0 Å². The molecule has 22 heavy (non-hydrogen) atoms. The van der Waals surface area contributed by atoms with Crippen LogP contribution in [0.15, 0.2) is 67.4 Å². The second kappa shape index (κ2) is 5.50. The zero-order chi connectivity index (χ0) is 14.8. The van der Waals surface area contributed by atoms with Crippen molar-refractivity contribution in [2.45, 2.75) is 0 Å². The minimum atomic E-state index is 0.791. The molecule has 0 aromatic carbocycles. The lowest BCUT2D eigenvalue weighted by atomic mass is 10.3. The quantitative estimate of drug-likeness (QED) is 0.581. The van der Waals surface area contributed by atoms with Crippen LogP contribution in [-0.4, -0.2) is 24.7 Å². The molecule has 0 bridgehead atoms. The molecule has 4 aromatic heterocycles. The highest BCUT2D eigenvalue weighted by Crippen LogP contribution is 2.30. The summed E-state index contributed by atoms with van der Waals surface area (Å²) < 4.78 is 1.74. The van der Waals surface area contributed by atoms with Gasteiger partial charge < -0.3 is 0 Å². The van der Waals surface area contributed by atoms with Crippen molar-refractivity contribution in [1.29, 1.82) is 0 Å². The van der Waals surface area contributed by atoms with E-state index < -0.39 is 0 Å². The average Bonchev–Trinajstić information content (AvgIpc) is 3.28. The van der Waals surface area contributed by atoms with E-state index in [2.05, 4.69) is 20.1 Å². The fraction of sp³-hybridized carbons (Fsp3) is 0. The van der Waals surface area contributed by atoms with Gasteiger partial charge in [-0.2, -0.15) is 5.10 Å². The Morgan fingerprint density at radius 2 is 1.95 bits per heavy atom. The third-order valence-corrected chi connectivity index (χ3v) is 4.21. The minimum absolute atomic E-state index is 0.791. The number of hydrogen-bond acceptors (Lipinski definition) is 5. The molecule has 4 rings (SSSR count). The summed E-state index contributed by atoms with van der Waals surface area (Å²) in [5.74, 6) is 0.791. The van der Waals surface area contributed by atoms with Crippen LogP contribution in [0.2, 0.25) is 0 Å². The molecule has 4 aromatic rings. The summed E-state index contributed by atoms with van der Waals surface area (Å²) in [7, 11) is 0. The Hall–Kier alpha value is -2.86. The number of hydrogen-bond donors (Lipinski definition) is 0. The monoisotopic (exact) mass is 305 g/mol. The molecule has 6 heteroatoms. The molecule has 0 amide bonds. The summed E-state index contributed by atoms with van der Waals surface area (Å²) in [6, 6.07) is 11.7. The maximum atomic E-state index is 4.65. The first kappa shape index (κ1) is 12.8. The van der Waals surface area contributed by atoms with Crippen LogP contribution in [0, 0.1) is 0 Å². The van der Waals surface area contributed by atoms with Crippen molar-refractivity contribution in [2.75, 3.05) is 0 Å². The molecule has 0 atom stereocenters. The highest BCUT2D eigenvalue weighted by atomic mass is 32.1. The first-order valence-electron chi connectivity index (χ1n) is 6.74. The molecule has 4 heterocycles. The van der Waals surface area contributed by atoms with E-state index in [4.69, 9.17) is 0 Å². The maximum absolute atomic E-state index is 4.65. The number of aromatic nitrogens is 5. The Morgan fingerprint density at radius 3 is 2.77 bits per heavy atom. The van der Waals surface area contributed by atoms with Gasteiger partial charge in [-0.25, -0.2) is 14.6 Å². The summed E-state index contributed by atoms with van der Waals surface area (Å²) in [6.07, 6.45) is 9.03. The van der Waals surface area contributed by atoms with Gasteiger partial charge in [0.2, 0.25) is 0 Å². The zero-order valence-corrected chi connectivity index (χ0v) is 12.3. The van der Waals surface area contributed by atoms with Crippen molar-refractivity contribution in [1.82, 2.24) is 24.7 Å². The molecule has 0 unspecified atom stereocenters. The maximum Gasteiger partial charge on any atom is 0.154 e. The highest BCUT2D eigenvalue weighted by Gasteiger charge is 2.09. The van der Waals surface area contributed by atoms with E-state index in [1.54, 1.807) is 28.4 Å². The van der Waals surface area contributed by atoms with Crippen molar-refractivity contribution < 1.29 is 0 Å². The van der Waals surface area contributed by atoms with Gasteiger partial charge >= 0.3 is 0 Å². The lowest BCUT2D eigenvalue weighted by Gasteiger charge is -2.02. The van der Waals surface area contributed by atoms with Crippen molar-refractivity contribution in [3.05, 3.63) is 67.4 Å². The van der Waals surface area contributed by atoms with E-state index in [1.807, 2.05) is 55.0 Å². The highest BCUT2D eigenvalue weighted by molar-refractivity contribution is 7.18. The van der Waals surface area contributed by atoms with E-state index in [9.17, 15) is 0 Å². The first-order valence-corrected chi connectivity index (χ1v) is 7.55. The summed E-state index contributed by atoms with van der Waals surface area (Å²) in [5.41, 5.74) is 1.91. The Balaban J connectivity index is 1.71. The van der Waals surface area contributed by atoms with Crippen LogP contribution in [0.1, 0.15) is 0 Å². The van der Waals surface area contributed by atoms with E-state index in [0.29, 0.717) is 0 Å². The Kier molecular flexibility index (Phi) is 3.21. The van der Waals surface area contributed by atoms with Crippen molar-refractivity contribution in [2.24, 2.45) is 0 Å². The smallest absolute Gasteiger partial charge is 0.154 e. The van der Waals surface area contributed by atoms with Crippen LogP contribution in [0.25, 0.3) is 27.0 Å². The van der Waals surface area contributed by atoms with E-state index in [1.165, 1.54) is 0 Å². The van der Waals surface area contributed by atoms with Crippen LogP contribution >= 0.6 is 11.3 Å². The average molecular weight is 305 g/mol. The second-order valence-corrected chi connectivity index (χ2v) is 5.63. The van der Waals surface area contributed by atoms with Gasteiger partial charge in [0.1, 0.15) is 5.01 Å². The molecule has 0 saturated heterocycles. The second-order valence-electron chi connectivity index (χ2n) is 4.60. The van der Waals surface area contributed by atoms with E-state index >= 15 is 0 Å². The van der Waals surface area contributed by atoms with Crippen LogP contribution in [0.4, 0.5) is 0 Å². The van der Waals surface area contributed by atoms with Gasteiger partial charge in [0.05, 0.1) is 10.6 Å². The summed E-state index contributed by atoms with van der Waals surface area (Å²) in [5, 5.41) is 5.15. The van der Waals surface area contributed by atoms with Crippen LogP contribution in [0.3, 0.4) is 0 Å². The SMILES string of the molecule is c1cncc(-c2ncc(-c3cccc(-n4cccn4)n3)s2)c1. The largest absolute Gasteiger partial charge is 0.264 e. The molecule has 5 nitrogen and oxygen atoms in total. The minimum Gasteiger partial charge on any atom is -0.264 e. The first-order chi connectivity index (χ1) is 10.9. The third kappa shape index (κ3) is 2.40. The molecule has 106 valence electrons. The predicted octanol–water partition coefficient (Wildman–Crippen LogP) is 3.45. The number of nitrogens with zero attached hydrogens (tertiary/aromatic N) is 5. The Morgan fingerprint density at radius 1 is 0.955 bits per heavy atom. The van der Waals surface area contributed by atoms with Gasteiger partial charge in [-0.15, -0.1) is 11.3 Å². The Labute approximate surface area is 131 Å². The zero-order valence-electron chi connectivity index (χ0n) is 11.5. The summed E-state index contributed by atoms with van der Waals surface area (Å²) in [4.78, 5) is 14.3.